The lowest BCUT2D eigenvalue weighted by atomic mass is 9.80. The van der Waals surface area contributed by atoms with Gasteiger partial charge in [0.15, 0.2) is 0 Å². The van der Waals surface area contributed by atoms with Crippen LogP contribution < -0.4 is 0 Å². The van der Waals surface area contributed by atoms with Gasteiger partial charge < -0.3 is 4.74 Å². The molecular weight excluding hydrogens is 298 g/mol. The van der Waals surface area contributed by atoms with E-state index in [9.17, 15) is 0 Å². The first-order valence-corrected chi connectivity index (χ1v) is 8.96. The maximum atomic E-state index is 9.09. The Morgan fingerprint density at radius 3 is 2.88 bits per heavy atom. The second kappa shape index (κ2) is 6.41. The molecule has 1 aliphatic carbocycles. The number of nitriles is 1. The zero-order chi connectivity index (χ0) is 16.5. The van der Waals surface area contributed by atoms with E-state index in [1.807, 2.05) is 12.1 Å². The molecule has 2 aliphatic rings. The van der Waals surface area contributed by atoms with E-state index in [-0.39, 0.29) is 6.23 Å². The van der Waals surface area contributed by atoms with Crippen LogP contribution in [0.2, 0.25) is 0 Å². The molecule has 0 radical (unpaired) electrons. The van der Waals surface area contributed by atoms with Crippen molar-refractivity contribution in [3.05, 3.63) is 52.3 Å². The molecular formula is C20H23N3O. The van der Waals surface area contributed by atoms with Gasteiger partial charge in [-0.1, -0.05) is 6.07 Å². The lowest BCUT2D eigenvalue weighted by Gasteiger charge is -2.28. The number of aromatic nitrogens is 2. The van der Waals surface area contributed by atoms with E-state index < -0.39 is 0 Å². The second-order valence-electron chi connectivity index (χ2n) is 6.94. The van der Waals surface area contributed by atoms with Gasteiger partial charge in [-0.3, -0.25) is 0 Å². The molecule has 0 N–H and O–H groups in total. The Bertz CT molecular complexity index is 781. The zero-order valence-electron chi connectivity index (χ0n) is 14.2. The molecule has 124 valence electrons. The summed E-state index contributed by atoms with van der Waals surface area (Å²) in [5, 5.41) is 13.8. The maximum Gasteiger partial charge on any atom is 0.150 e. The standard InChI is InChI=1S/C20H23N3O/c1-14-11-15(12-21)8-9-16(14)17-5-4-6-19-18(17)13-22-23(19)20-7-2-3-10-24-20/h8-9,11,13,17,20H,2-7,10H2,1H3. The van der Waals surface area contributed by atoms with Crippen LogP contribution in [0.25, 0.3) is 0 Å². The summed E-state index contributed by atoms with van der Waals surface area (Å²) < 4.78 is 8.09. The number of aryl methyl sites for hydroxylation is 1. The van der Waals surface area contributed by atoms with Crippen molar-refractivity contribution in [1.29, 1.82) is 5.26 Å². The predicted molar refractivity (Wildman–Crippen MR) is 91.7 cm³/mol. The molecule has 0 saturated carbocycles. The van der Waals surface area contributed by atoms with Gasteiger partial charge in [-0.05, 0) is 68.7 Å². The molecule has 2 atom stereocenters. The van der Waals surface area contributed by atoms with E-state index in [0.29, 0.717) is 5.92 Å². The molecule has 24 heavy (non-hydrogen) atoms. The lowest BCUT2D eigenvalue weighted by molar-refractivity contribution is -0.0413. The third kappa shape index (κ3) is 2.63. The molecule has 4 heteroatoms. The summed E-state index contributed by atoms with van der Waals surface area (Å²) in [5.74, 6) is 0.388. The minimum Gasteiger partial charge on any atom is -0.357 e. The first-order chi connectivity index (χ1) is 11.8. The van der Waals surface area contributed by atoms with Crippen molar-refractivity contribution >= 4 is 0 Å². The normalized spacial score (nSPS) is 23.5. The predicted octanol–water partition coefficient (Wildman–Crippen LogP) is 4.23. The van der Waals surface area contributed by atoms with Crippen molar-refractivity contribution in [2.45, 2.75) is 57.6 Å². The molecule has 2 unspecified atom stereocenters. The molecule has 1 aromatic heterocycles. The van der Waals surface area contributed by atoms with Gasteiger partial charge in [0.05, 0.1) is 17.8 Å². The van der Waals surface area contributed by atoms with Crippen molar-refractivity contribution < 1.29 is 4.74 Å². The monoisotopic (exact) mass is 321 g/mol. The molecule has 0 bridgehead atoms. The summed E-state index contributed by atoms with van der Waals surface area (Å²) in [7, 11) is 0. The molecule has 2 heterocycles. The van der Waals surface area contributed by atoms with Gasteiger partial charge in [-0.25, -0.2) is 4.68 Å². The molecule has 1 fully saturated rings. The topological polar surface area (TPSA) is 50.8 Å². The van der Waals surface area contributed by atoms with Crippen molar-refractivity contribution in [2.24, 2.45) is 0 Å². The minimum absolute atomic E-state index is 0.114. The Balaban J connectivity index is 1.70. The summed E-state index contributed by atoms with van der Waals surface area (Å²) in [6, 6.07) is 8.29. The molecule has 0 amide bonds. The first-order valence-electron chi connectivity index (χ1n) is 8.96. The van der Waals surface area contributed by atoms with Gasteiger partial charge in [-0.15, -0.1) is 0 Å². The quantitative estimate of drug-likeness (QED) is 0.831. The van der Waals surface area contributed by atoms with Crippen LogP contribution in [0.1, 0.15) is 72.2 Å². The van der Waals surface area contributed by atoms with Crippen LogP contribution in [-0.4, -0.2) is 16.4 Å². The number of hydrogen-bond donors (Lipinski definition) is 0. The van der Waals surface area contributed by atoms with Gasteiger partial charge in [0.25, 0.3) is 0 Å². The Hall–Kier alpha value is -2.12. The summed E-state index contributed by atoms with van der Waals surface area (Å²) in [5.41, 5.74) is 5.97. The first kappa shape index (κ1) is 15.4. The van der Waals surface area contributed by atoms with Crippen molar-refractivity contribution in [2.75, 3.05) is 6.61 Å². The molecule has 4 nitrogen and oxygen atoms in total. The summed E-state index contributed by atoms with van der Waals surface area (Å²) in [6.45, 7) is 2.95. The summed E-state index contributed by atoms with van der Waals surface area (Å²) in [4.78, 5) is 0. The fraction of sp³-hybridized carbons (Fsp3) is 0.500. The Morgan fingerprint density at radius 1 is 1.21 bits per heavy atom. The fourth-order valence-electron chi connectivity index (χ4n) is 4.20. The van der Waals surface area contributed by atoms with Crippen LogP contribution in [-0.2, 0) is 11.2 Å². The van der Waals surface area contributed by atoms with Crippen molar-refractivity contribution in [3.8, 4) is 6.07 Å². The highest BCUT2D eigenvalue weighted by molar-refractivity contribution is 5.44. The van der Waals surface area contributed by atoms with E-state index >= 15 is 0 Å². The highest BCUT2D eigenvalue weighted by Crippen LogP contribution is 2.39. The number of nitrogens with zero attached hydrogens (tertiary/aromatic N) is 3. The van der Waals surface area contributed by atoms with Gasteiger partial charge in [-0.2, -0.15) is 10.4 Å². The van der Waals surface area contributed by atoms with Gasteiger partial charge in [0, 0.05) is 23.8 Å². The largest absolute Gasteiger partial charge is 0.357 e. The van der Waals surface area contributed by atoms with Crippen LogP contribution in [0.3, 0.4) is 0 Å². The number of rotatable bonds is 2. The highest BCUT2D eigenvalue weighted by atomic mass is 16.5. The zero-order valence-corrected chi connectivity index (χ0v) is 14.2. The van der Waals surface area contributed by atoms with E-state index in [4.69, 9.17) is 15.1 Å². The van der Waals surface area contributed by atoms with E-state index in [2.05, 4.69) is 29.9 Å². The van der Waals surface area contributed by atoms with Crippen molar-refractivity contribution in [3.63, 3.8) is 0 Å². The Kier molecular flexibility index (Phi) is 4.12. The van der Waals surface area contributed by atoms with Crippen LogP contribution >= 0.6 is 0 Å². The third-order valence-electron chi connectivity index (χ3n) is 5.42. The Labute approximate surface area is 143 Å². The summed E-state index contributed by atoms with van der Waals surface area (Å²) >= 11 is 0. The molecule has 0 spiro atoms. The fourth-order valence-corrected chi connectivity index (χ4v) is 4.20. The number of ether oxygens (including phenoxy) is 1. The van der Waals surface area contributed by atoms with Crippen LogP contribution in [0.4, 0.5) is 0 Å². The Morgan fingerprint density at radius 2 is 2.12 bits per heavy atom. The minimum atomic E-state index is 0.114. The van der Waals surface area contributed by atoms with Gasteiger partial charge >= 0.3 is 0 Å². The number of benzene rings is 1. The van der Waals surface area contributed by atoms with E-state index in [1.54, 1.807) is 0 Å². The summed E-state index contributed by atoms with van der Waals surface area (Å²) in [6.07, 6.45) is 9.02. The van der Waals surface area contributed by atoms with Crippen LogP contribution in [0.15, 0.2) is 24.4 Å². The van der Waals surface area contributed by atoms with Crippen LogP contribution in [0.5, 0.6) is 0 Å². The molecule has 1 saturated heterocycles. The SMILES string of the molecule is Cc1cc(C#N)ccc1C1CCCc2c1cnn2C1CCCCO1. The van der Waals surface area contributed by atoms with Gasteiger partial charge in [0.1, 0.15) is 6.23 Å². The molecule has 1 aromatic carbocycles. The second-order valence-corrected chi connectivity index (χ2v) is 6.94. The van der Waals surface area contributed by atoms with Gasteiger partial charge in [0.2, 0.25) is 0 Å². The molecule has 2 aromatic rings. The smallest absolute Gasteiger partial charge is 0.150 e. The average Bonchev–Trinajstić information content (AvgIpc) is 3.06. The number of fused-ring (bicyclic) bond motifs is 1. The van der Waals surface area contributed by atoms with Crippen LogP contribution in [0, 0.1) is 18.3 Å². The molecule has 4 rings (SSSR count). The molecule has 1 aliphatic heterocycles. The van der Waals surface area contributed by atoms with Crippen molar-refractivity contribution in [1.82, 2.24) is 9.78 Å². The average molecular weight is 321 g/mol. The highest BCUT2D eigenvalue weighted by Gasteiger charge is 2.29. The number of hydrogen-bond acceptors (Lipinski definition) is 3. The lowest BCUT2D eigenvalue weighted by Crippen LogP contribution is -2.23. The third-order valence-corrected chi connectivity index (χ3v) is 5.42. The maximum absolute atomic E-state index is 9.09. The van der Waals surface area contributed by atoms with E-state index in [0.717, 1.165) is 37.9 Å². The van der Waals surface area contributed by atoms with E-state index in [1.165, 1.54) is 35.2 Å².